The molecule has 5 atom stereocenters. The Morgan fingerprint density at radius 2 is 1.55 bits per heavy atom. The van der Waals surface area contributed by atoms with Gasteiger partial charge in [0.15, 0.2) is 0 Å². The summed E-state index contributed by atoms with van der Waals surface area (Å²) in [6.45, 7) is 4.60. The largest absolute Gasteiger partial charge is 0.481 e. The summed E-state index contributed by atoms with van der Waals surface area (Å²) in [5, 5.41) is 36.1. The van der Waals surface area contributed by atoms with Crippen molar-refractivity contribution >= 4 is 40.6 Å². The fourth-order valence-electron chi connectivity index (χ4n) is 3.79. The molecule has 0 aliphatic rings. The molecule has 0 aliphatic carbocycles. The van der Waals surface area contributed by atoms with Crippen LogP contribution in [0.5, 0.6) is 0 Å². The molecule has 1 aromatic heterocycles. The Morgan fingerprint density at radius 1 is 0.921 bits per heavy atom. The molecule has 1 heterocycles. The minimum atomic E-state index is -1.47. The Balaban J connectivity index is 2.27. The molecule has 9 N–H and O–H groups in total. The van der Waals surface area contributed by atoms with E-state index in [1.807, 2.05) is 24.3 Å². The predicted octanol–water partition coefficient (Wildman–Crippen LogP) is -0.522. The van der Waals surface area contributed by atoms with Gasteiger partial charge < -0.3 is 42.0 Å². The first-order valence-electron chi connectivity index (χ1n) is 12.2. The number of hydrogen-bond acceptors (Lipinski definition) is 7. The van der Waals surface area contributed by atoms with Crippen LogP contribution in [0.15, 0.2) is 30.5 Å². The average Bonchev–Trinajstić information content (AvgIpc) is 3.25. The molecule has 0 saturated carbocycles. The number of aromatic amines is 1. The van der Waals surface area contributed by atoms with Gasteiger partial charge in [0.05, 0.1) is 6.10 Å². The number of aromatic nitrogens is 1. The fourth-order valence-corrected chi connectivity index (χ4v) is 3.79. The van der Waals surface area contributed by atoms with Crippen molar-refractivity contribution in [2.45, 2.75) is 70.3 Å². The highest BCUT2D eigenvalue weighted by molar-refractivity contribution is 5.95. The Labute approximate surface area is 219 Å². The van der Waals surface area contributed by atoms with Gasteiger partial charge in [0.2, 0.25) is 17.7 Å². The van der Waals surface area contributed by atoms with Crippen molar-refractivity contribution in [2.75, 3.05) is 0 Å². The van der Waals surface area contributed by atoms with Crippen LogP contribution in [-0.2, 0) is 30.4 Å². The van der Waals surface area contributed by atoms with Crippen LogP contribution in [0.25, 0.3) is 10.9 Å². The van der Waals surface area contributed by atoms with Gasteiger partial charge in [-0.25, -0.2) is 4.79 Å². The Kier molecular flexibility index (Phi) is 10.8. The van der Waals surface area contributed by atoms with E-state index in [1.54, 1.807) is 20.0 Å². The van der Waals surface area contributed by atoms with Gasteiger partial charge in [0.25, 0.3) is 0 Å². The molecule has 208 valence electrons. The number of aliphatic hydroxyl groups is 1. The second kappa shape index (κ2) is 13.5. The number of nitrogens with one attached hydrogen (secondary N) is 4. The van der Waals surface area contributed by atoms with Gasteiger partial charge in [-0.15, -0.1) is 0 Å². The molecule has 0 fully saturated rings. The number of fused-ring (bicyclic) bond motifs is 1. The molecule has 2 rings (SSSR count). The van der Waals surface area contributed by atoms with Crippen LogP contribution < -0.4 is 21.7 Å². The zero-order valence-electron chi connectivity index (χ0n) is 21.4. The van der Waals surface area contributed by atoms with Gasteiger partial charge in [-0.3, -0.25) is 19.2 Å². The number of aliphatic hydroxyl groups excluding tert-OH is 1. The number of amides is 3. The number of carboxylic acid groups (broad SMARTS) is 2. The maximum Gasteiger partial charge on any atom is 0.326 e. The first-order valence-corrected chi connectivity index (χ1v) is 12.2. The number of carboxylic acids is 2. The molecular formula is C25H35N5O8. The summed E-state index contributed by atoms with van der Waals surface area (Å²) in [5.74, 6) is -5.44. The van der Waals surface area contributed by atoms with Crippen LogP contribution in [0.1, 0.15) is 39.2 Å². The number of carbonyl (C=O) groups is 5. The van der Waals surface area contributed by atoms with E-state index in [1.165, 1.54) is 6.92 Å². The van der Waals surface area contributed by atoms with Gasteiger partial charge in [-0.2, -0.15) is 0 Å². The molecule has 2 aromatic rings. The first kappa shape index (κ1) is 30.3. The molecule has 38 heavy (non-hydrogen) atoms. The minimum absolute atomic E-state index is 0.0247. The van der Waals surface area contributed by atoms with Gasteiger partial charge in [0.1, 0.15) is 24.2 Å². The lowest BCUT2D eigenvalue weighted by atomic mass is 9.99. The van der Waals surface area contributed by atoms with E-state index in [4.69, 9.17) is 10.8 Å². The monoisotopic (exact) mass is 533 g/mol. The molecule has 0 radical (unpaired) electrons. The minimum Gasteiger partial charge on any atom is -0.481 e. The van der Waals surface area contributed by atoms with Crippen molar-refractivity contribution in [3.05, 3.63) is 36.0 Å². The summed E-state index contributed by atoms with van der Waals surface area (Å²) < 4.78 is 0. The summed E-state index contributed by atoms with van der Waals surface area (Å²) in [6.07, 6.45) is -0.279. The number of para-hydroxylation sites is 1. The number of hydrogen-bond donors (Lipinski definition) is 8. The third-order valence-corrected chi connectivity index (χ3v) is 6.06. The lowest BCUT2D eigenvalue weighted by Gasteiger charge is -2.27. The van der Waals surface area contributed by atoms with E-state index in [2.05, 4.69) is 20.9 Å². The topological polar surface area (TPSA) is 224 Å². The predicted molar refractivity (Wildman–Crippen MR) is 137 cm³/mol. The van der Waals surface area contributed by atoms with E-state index in [0.717, 1.165) is 10.9 Å². The summed E-state index contributed by atoms with van der Waals surface area (Å²) in [6, 6.07) is 2.18. The molecule has 0 spiro atoms. The number of H-pyrrole nitrogens is 1. The van der Waals surface area contributed by atoms with Gasteiger partial charge in [0, 0.05) is 29.9 Å². The number of carbonyl (C=O) groups excluding carboxylic acids is 3. The van der Waals surface area contributed by atoms with E-state index in [9.17, 15) is 34.2 Å². The molecule has 1 aromatic carbocycles. The van der Waals surface area contributed by atoms with E-state index in [-0.39, 0.29) is 12.8 Å². The van der Waals surface area contributed by atoms with Crippen molar-refractivity contribution in [1.82, 2.24) is 20.9 Å². The van der Waals surface area contributed by atoms with E-state index >= 15 is 0 Å². The molecule has 5 unspecified atom stereocenters. The smallest absolute Gasteiger partial charge is 0.326 e. The van der Waals surface area contributed by atoms with Crippen LogP contribution in [0, 0.1) is 5.92 Å². The van der Waals surface area contributed by atoms with Crippen molar-refractivity contribution in [3.63, 3.8) is 0 Å². The summed E-state index contributed by atoms with van der Waals surface area (Å²) in [4.78, 5) is 64.4. The molecular weight excluding hydrogens is 498 g/mol. The van der Waals surface area contributed by atoms with Crippen LogP contribution in [0.3, 0.4) is 0 Å². The number of benzene rings is 1. The third kappa shape index (κ3) is 8.28. The van der Waals surface area contributed by atoms with Gasteiger partial charge >= 0.3 is 11.9 Å². The first-order chi connectivity index (χ1) is 17.8. The zero-order valence-corrected chi connectivity index (χ0v) is 21.4. The van der Waals surface area contributed by atoms with Crippen LogP contribution in [0.2, 0.25) is 0 Å². The molecule has 0 aliphatic heterocycles. The van der Waals surface area contributed by atoms with Crippen LogP contribution in [0.4, 0.5) is 0 Å². The molecule has 0 saturated heterocycles. The van der Waals surface area contributed by atoms with Crippen molar-refractivity contribution in [1.29, 1.82) is 0 Å². The second-order valence-corrected chi connectivity index (χ2v) is 9.45. The normalized spacial score (nSPS) is 15.2. The van der Waals surface area contributed by atoms with Crippen LogP contribution >= 0.6 is 0 Å². The third-order valence-electron chi connectivity index (χ3n) is 6.06. The highest BCUT2D eigenvalue weighted by Crippen LogP contribution is 2.19. The van der Waals surface area contributed by atoms with Gasteiger partial charge in [-0.05, 0) is 30.9 Å². The average molecular weight is 534 g/mol. The van der Waals surface area contributed by atoms with E-state index < -0.39 is 72.3 Å². The Bertz CT molecular complexity index is 1160. The fraction of sp³-hybridized carbons (Fsp3) is 0.480. The summed E-state index contributed by atoms with van der Waals surface area (Å²) >= 11 is 0. The maximum absolute atomic E-state index is 13.4. The SMILES string of the molecule is CC(C)C(NC(=O)C(Cc1c[nH]c2ccccc12)NC(=O)C(N)C(C)O)C(=O)NC(CCC(=O)O)C(=O)O. The van der Waals surface area contributed by atoms with E-state index in [0.29, 0.717) is 5.56 Å². The molecule has 3 amide bonds. The zero-order chi connectivity index (χ0) is 28.6. The molecule has 0 bridgehead atoms. The number of aliphatic carboxylic acids is 2. The quantitative estimate of drug-likeness (QED) is 0.156. The lowest BCUT2D eigenvalue weighted by molar-refractivity contribution is -0.143. The van der Waals surface area contributed by atoms with Gasteiger partial charge in [-0.1, -0.05) is 32.0 Å². The summed E-state index contributed by atoms with van der Waals surface area (Å²) in [7, 11) is 0. The number of rotatable bonds is 14. The highest BCUT2D eigenvalue weighted by Gasteiger charge is 2.33. The summed E-state index contributed by atoms with van der Waals surface area (Å²) in [5.41, 5.74) is 7.26. The maximum atomic E-state index is 13.4. The number of nitrogens with two attached hydrogens (primary N) is 1. The van der Waals surface area contributed by atoms with Crippen molar-refractivity contribution in [2.24, 2.45) is 11.7 Å². The molecule has 13 nitrogen and oxygen atoms in total. The standard InChI is InChI=1S/C25H35N5O8/c1-12(2)21(24(36)28-17(25(37)38)8-9-19(32)33)30-22(34)18(29-23(35)20(26)13(3)31)10-14-11-27-16-7-5-4-6-15(14)16/h4-7,11-13,17-18,20-21,27,31H,8-10,26H2,1-3H3,(H,28,36)(H,29,35)(H,30,34)(H,32,33)(H,37,38). The lowest BCUT2D eigenvalue weighted by Crippen LogP contribution is -2.59. The second-order valence-electron chi connectivity index (χ2n) is 9.45. The van der Waals surface area contributed by atoms with Crippen molar-refractivity contribution < 1.29 is 39.3 Å². The van der Waals surface area contributed by atoms with Crippen LogP contribution in [-0.4, -0.2) is 80.2 Å². The Morgan fingerprint density at radius 3 is 2.13 bits per heavy atom. The molecule has 13 heteroatoms. The van der Waals surface area contributed by atoms with Crippen molar-refractivity contribution in [3.8, 4) is 0 Å². The Hall–Kier alpha value is -3.97. The highest BCUT2D eigenvalue weighted by atomic mass is 16.4.